The lowest BCUT2D eigenvalue weighted by Gasteiger charge is -2.22. The van der Waals surface area contributed by atoms with Crippen LogP contribution in [0, 0.1) is 0 Å². The normalized spacial score (nSPS) is 13.5. The van der Waals surface area contributed by atoms with Crippen molar-refractivity contribution < 1.29 is 58.5 Å². The third kappa shape index (κ3) is 8.47. The van der Waals surface area contributed by atoms with Crippen molar-refractivity contribution in [2.45, 2.75) is 31.4 Å². The highest BCUT2D eigenvalue weighted by Gasteiger charge is 2.50. The number of nitrogens with zero attached hydrogens (tertiary/aromatic N) is 1. The molecule has 0 saturated carbocycles. The first-order valence-corrected chi connectivity index (χ1v) is 9.57. The standard InChI is InChI=1S/C18H12Cl2F9NO4/c19-11-6-10(33-17(25,26)15(21)34-18(27,28)29)7-12(20)14(11)32-5-1-4-31-13-3-2-9(8-30-13)16(22,23)24/h2-3,6-8,15H,1,4-5H2. The van der Waals surface area contributed by atoms with Crippen LogP contribution >= 0.6 is 23.2 Å². The van der Waals surface area contributed by atoms with Crippen LogP contribution in [0.3, 0.4) is 0 Å². The number of aromatic nitrogens is 1. The Balaban J connectivity index is 1.88. The molecule has 190 valence electrons. The van der Waals surface area contributed by atoms with Gasteiger partial charge in [0.15, 0.2) is 5.75 Å². The predicted octanol–water partition coefficient (Wildman–Crippen LogP) is 7.06. The molecule has 2 aromatic rings. The van der Waals surface area contributed by atoms with E-state index in [1.807, 2.05) is 0 Å². The maximum Gasteiger partial charge on any atom is 0.525 e. The summed E-state index contributed by atoms with van der Waals surface area (Å²) in [6.07, 6.45) is -18.7. The third-order valence-corrected chi connectivity index (χ3v) is 4.14. The van der Waals surface area contributed by atoms with Crippen molar-refractivity contribution in [3.63, 3.8) is 0 Å². The fraction of sp³-hybridized carbons (Fsp3) is 0.389. The van der Waals surface area contributed by atoms with E-state index >= 15 is 0 Å². The zero-order valence-electron chi connectivity index (χ0n) is 16.3. The lowest BCUT2D eigenvalue weighted by molar-refractivity contribution is -0.411. The monoisotopic (exact) mass is 547 g/mol. The van der Waals surface area contributed by atoms with E-state index in [9.17, 15) is 39.5 Å². The number of benzene rings is 1. The van der Waals surface area contributed by atoms with Crippen LogP contribution in [0.5, 0.6) is 17.4 Å². The first kappa shape index (κ1) is 27.9. The van der Waals surface area contributed by atoms with E-state index in [4.69, 9.17) is 32.7 Å². The lowest BCUT2D eigenvalue weighted by atomic mass is 10.3. The van der Waals surface area contributed by atoms with E-state index in [0.717, 1.165) is 12.1 Å². The average Bonchev–Trinajstić information content (AvgIpc) is 2.67. The van der Waals surface area contributed by atoms with Crippen LogP contribution in [0.4, 0.5) is 39.5 Å². The Labute approximate surface area is 195 Å². The molecule has 0 bridgehead atoms. The van der Waals surface area contributed by atoms with Crippen LogP contribution in [0.1, 0.15) is 12.0 Å². The topological polar surface area (TPSA) is 49.8 Å². The van der Waals surface area contributed by atoms with Crippen LogP contribution in [0.25, 0.3) is 0 Å². The van der Waals surface area contributed by atoms with Crippen molar-refractivity contribution in [3.05, 3.63) is 46.1 Å². The molecule has 0 aliphatic carbocycles. The minimum absolute atomic E-state index is 0.0435. The number of pyridine rings is 1. The van der Waals surface area contributed by atoms with E-state index in [1.54, 1.807) is 0 Å². The molecule has 1 atom stereocenters. The molecule has 2 rings (SSSR count). The maximum absolute atomic E-state index is 13.5. The second kappa shape index (κ2) is 11.0. The molecule has 1 heterocycles. The highest BCUT2D eigenvalue weighted by Crippen LogP contribution is 2.39. The molecule has 0 aliphatic heterocycles. The lowest BCUT2D eigenvalue weighted by Crippen LogP contribution is -2.41. The second-order valence-electron chi connectivity index (χ2n) is 6.19. The highest BCUT2D eigenvalue weighted by molar-refractivity contribution is 6.37. The summed E-state index contributed by atoms with van der Waals surface area (Å²) in [5, 5.41) is -0.786. The van der Waals surface area contributed by atoms with Gasteiger partial charge in [0.25, 0.3) is 0 Å². The molecule has 1 aromatic heterocycles. The minimum atomic E-state index is -5.68. The van der Waals surface area contributed by atoms with Crippen LogP contribution in [0.15, 0.2) is 30.5 Å². The summed E-state index contributed by atoms with van der Waals surface area (Å²) in [5.41, 5.74) is -0.951. The van der Waals surface area contributed by atoms with Crippen LogP contribution < -0.4 is 14.2 Å². The molecular weight excluding hydrogens is 536 g/mol. The van der Waals surface area contributed by atoms with Gasteiger partial charge in [-0.3, -0.25) is 0 Å². The number of hydrogen-bond acceptors (Lipinski definition) is 5. The van der Waals surface area contributed by atoms with Crippen molar-refractivity contribution in [1.82, 2.24) is 4.98 Å². The largest absolute Gasteiger partial charge is 0.525 e. The first-order valence-electron chi connectivity index (χ1n) is 8.82. The summed E-state index contributed by atoms with van der Waals surface area (Å²) in [6.45, 7) is -0.152. The van der Waals surface area contributed by atoms with Gasteiger partial charge in [-0.2, -0.15) is 22.0 Å². The first-order chi connectivity index (χ1) is 15.6. The summed E-state index contributed by atoms with van der Waals surface area (Å²) in [6, 6.07) is 3.19. The van der Waals surface area contributed by atoms with Gasteiger partial charge < -0.3 is 14.2 Å². The van der Waals surface area contributed by atoms with Crippen molar-refractivity contribution in [3.8, 4) is 17.4 Å². The summed E-state index contributed by atoms with van der Waals surface area (Å²) in [5.74, 6) is -1.17. The fourth-order valence-corrected chi connectivity index (χ4v) is 2.74. The molecule has 0 radical (unpaired) electrons. The van der Waals surface area contributed by atoms with Gasteiger partial charge >= 0.3 is 25.0 Å². The van der Waals surface area contributed by atoms with Crippen molar-refractivity contribution in [2.24, 2.45) is 0 Å². The van der Waals surface area contributed by atoms with Crippen molar-refractivity contribution >= 4 is 23.2 Å². The van der Waals surface area contributed by atoms with E-state index in [0.29, 0.717) is 18.3 Å². The molecule has 16 heteroatoms. The molecule has 1 aromatic carbocycles. The van der Waals surface area contributed by atoms with E-state index in [-0.39, 0.29) is 31.3 Å². The highest BCUT2D eigenvalue weighted by atomic mass is 35.5. The number of ether oxygens (including phenoxy) is 4. The maximum atomic E-state index is 13.5. The SMILES string of the molecule is FC(OC(F)(F)F)C(F)(F)Oc1cc(Cl)c(OCCCOc2ccc(C(F)(F)F)cn2)c(Cl)c1. The van der Waals surface area contributed by atoms with Gasteiger partial charge in [0.1, 0.15) is 5.75 Å². The van der Waals surface area contributed by atoms with E-state index < -0.39 is 46.4 Å². The van der Waals surface area contributed by atoms with Crippen molar-refractivity contribution in [1.29, 1.82) is 0 Å². The zero-order chi connectivity index (χ0) is 25.7. The van der Waals surface area contributed by atoms with E-state index in [1.165, 1.54) is 0 Å². The Morgan fingerprint density at radius 3 is 1.97 bits per heavy atom. The molecule has 34 heavy (non-hydrogen) atoms. The molecule has 1 unspecified atom stereocenters. The number of hydrogen-bond donors (Lipinski definition) is 0. The Kier molecular flexibility index (Phi) is 8.99. The summed E-state index contributed by atoms with van der Waals surface area (Å²) in [7, 11) is 0. The Morgan fingerprint density at radius 2 is 1.47 bits per heavy atom. The predicted molar refractivity (Wildman–Crippen MR) is 98.9 cm³/mol. The molecular formula is C18H12Cl2F9NO4. The van der Waals surface area contributed by atoms with E-state index in [2.05, 4.69) is 14.5 Å². The quantitative estimate of drug-likeness (QED) is 0.235. The zero-order valence-corrected chi connectivity index (χ0v) is 17.8. The van der Waals surface area contributed by atoms with Crippen LogP contribution in [-0.2, 0) is 10.9 Å². The van der Waals surface area contributed by atoms with Gasteiger partial charge in [-0.15, -0.1) is 13.2 Å². The molecule has 0 aliphatic rings. The van der Waals surface area contributed by atoms with Gasteiger partial charge in [-0.25, -0.2) is 14.1 Å². The number of alkyl halides is 9. The smallest absolute Gasteiger partial charge is 0.490 e. The molecule has 0 amide bonds. The molecule has 0 fully saturated rings. The number of halogens is 11. The summed E-state index contributed by atoms with van der Waals surface area (Å²) < 4.78 is 130. The Hall–Kier alpha value is -2.32. The van der Waals surface area contributed by atoms with Crippen LogP contribution in [-0.4, -0.2) is 37.0 Å². The Bertz CT molecular complexity index is 933. The summed E-state index contributed by atoms with van der Waals surface area (Å²) in [4.78, 5) is 3.50. The minimum Gasteiger partial charge on any atom is -0.490 e. The third-order valence-electron chi connectivity index (χ3n) is 3.58. The van der Waals surface area contributed by atoms with Crippen LogP contribution in [0.2, 0.25) is 10.0 Å². The van der Waals surface area contributed by atoms with Crippen molar-refractivity contribution in [2.75, 3.05) is 13.2 Å². The summed E-state index contributed by atoms with van der Waals surface area (Å²) >= 11 is 11.7. The average molecular weight is 548 g/mol. The molecule has 5 nitrogen and oxygen atoms in total. The Morgan fingerprint density at radius 1 is 0.882 bits per heavy atom. The van der Waals surface area contributed by atoms with Gasteiger partial charge in [-0.1, -0.05) is 23.2 Å². The van der Waals surface area contributed by atoms with Gasteiger partial charge in [0.2, 0.25) is 5.88 Å². The molecule has 0 N–H and O–H groups in total. The van der Waals surface area contributed by atoms with Gasteiger partial charge in [0.05, 0.1) is 28.8 Å². The number of rotatable bonds is 10. The second-order valence-corrected chi connectivity index (χ2v) is 7.01. The van der Waals surface area contributed by atoms with Gasteiger partial charge in [-0.05, 0) is 6.07 Å². The molecule has 0 saturated heterocycles. The fourth-order valence-electron chi connectivity index (χ4n) is 2.17. The molecule has 0 spiro atoms. The van der Waals surface area contributed by atoms with Gasteiger partial charge in [0, 0.05) is 30.8 Å².